The van der Waals surface area contributed by atoms with E-state index in [0.717, 1.165) is 31.2 Å². The lowest BCUT2D eigenvalue weighted by Crippen LogP contribution is -2.44. The van der Waals surface area contributed by atoms with E-state index in [1.165, 1.54) is 0 Å². The Balaban J connectivity index is 0.00000180. The van der Waals surface area contributed by atoms with E-state index in [2.05, 4.69) is 5.32 Å². The van der Waals surface area contributed by atoms with Crippen LogP contribution < -0.4 is 11.1 Å². The predicted molar refractivity (Wildman–Crippen MR) is 80.9 cm³/mol. The maximum absolute atomic E-state index is 12.4. The molecule has 0 radical (unpaired) electrons. The van der Waals surface area contributed by atoms with E-state index >= 15 is 0 Å². The van der Waals surface area contributed by atoms with E-state index < -0.39 is 5.41 Å². The monoisotopic (exact) mass is 302 g/mol. The molecule has 0 unspecified atom stereocenters. The normalized spacial score (nSPS) is 16.7. The van der Waals surface area contributed by atoms with Crippen LogP contribution >= 0.6 is 24.0 Å². The lowest BCUT2D eigenvalue weighted by atomic mass is 9.78. The van der Waals surface area contributed by atoms with Gasteiger partial charge in [-0.05, 0) is 30.5 Å². The number of carbonyl (C=O) groups is 1. The third kappa shape index (κ3) is 3.41. The molecule has 0 aliphatic heterocycles. The molecule has 0 atom stereocenters. The van der Waals surface area contributed by atoms with Crippen LogP contribution in [0, 0.1) is 0 Å². The molecule has 1 saturated carbocycles. The van der Waals surface area contributed by atoms with Crippen molar-refractivity contribution < 1.29 is 4.79 Å². The van der Waals surface area contributed by atoms with Crippen molar-refractivity contribution in [1.29, 1.82) is 0 Å². The van der Waals surface area contributed by atoms with E-state index in [1.807, 2.05) is 24.3 Å². The fourth-order valence-electron chi connectivity index (χ4n) is 2.77. The number of hydrogen-bond acceptors (Lipinski definition) is 2. The molecule has 1 amide bonds. The lowest BCUT2D eigenvalue weighted by molar-refractivity contribution is -0.126. The molecule has 1 fully saturated rings. The molecule has 3 nitrogen and oxygen atoms in total. The average molecular weight is 303 g/mol. The molecule has 1 aromatic rings. The number of halogens is 2. The number of nitrogens with two attached hydrogens (primary N) is 1. The number of rotatable bonds is 4. The summed E-state index contributed by atoms with van der Waals surface area (Å²) in [4.78, 5) is 12.4. The molecule has 106 valence electrons. The number of carbonyl (C=O) groups excluding carboxylic acids is 1. The number of hydrogen-bond donors (Lipinski definition) is 2. The number of amides is 1. The summed E-state index contributed by atoms with van der Waals surface area (Å²) in [5.41, 5.74) is 6.07. The van der Waals surface area contributed by atoms with Gasteiger partial charge in [0.05, 0.1) is 5.41 Å². The zero-order valence-corrected chi connectivity index (χ0v) is 12.4. The summed E-state index contributed by atoms with van der Waals surface area (Å²) in [5.74, 6) is 0.0905. The van der Waals surface area contributed by atoms with Crippen LogP contribution in [-0.2, 0) is 10.2 Å². The van der Waals surface area contributed by atoms with Gasteiger partial charge in [-0.25, -0.2) is 0 Å². The Kier molecular flexibility index (Phi) is 6.11. The lowest BCUT2D eigenvalue weighted by Gasteiger charge is -2.28. The highest BCUT2D eigenvalue weighted by Crippen LogP contribution is 2.41. The number of nitrogens with one attached hydrogen (secondary N) is 1. The highest BCUT2D eigenvalue weighted by atomic mass is 35.5. The first-order valence-corrected chi connectivity index (χ1v) is 6.81. The van der Waals surface area contributed by atoms with Crippen LogP contribution in [0.5, 0.6) is 0 Å². The Hall–Kier alpha value is -0.770. The molecule has 0 bridgehead atoms. The second kappa shape index (κ2) is 7.13. The van der Waals surface area contributed by atoms with Crippen LogP contribution in [0.1, 0.15) is 31.2 Å². The summed E-state index contributed by atoms with van der Waals surface area (Å²) in [7, 11) is 0. The van der Waals surface area contributed by atoms with Crippen molar-refractivity contribution in [2.45, 2.75) is 31.1 Å². The van der Waals surface area contributed by atoms with Crippen molar-refractivity contribution in [2.75, 3.05) is 13.1 Å². The van der Waals surface area contributed by atoms with Crippen LogP contribution in [0.15, 0.2) is 24.3 Å². The fraction of sp³-hybridized carbons (Fsp3) is 0.500. The van der Waals surface area contributed by atoms with Crippen molar-refractivity contribution in [3.8, 4) is 0 Å². The summed E-state index contributed by atoms with van der Waals surface area (Å²) in [5, 5.41) is 3.61. The van der Waals surface area contributed by atoms with Gasteiger partial charge < -0.3 is 11.1 Å². The summed E-state index contributed by atoms with van der Waals surface area (Å²) in [6.45, 7) is 0.999. The molecule has 5 heteroatoms. The zero-order valence-electron chi connectivity index (χ0n) is 10.8. The minimum atomic E-state index is -0.403. The van der Waals surface area contributed by atoms with Gasteiger partial charge in [-0.3, -0.25) is 4.79 Å². The summed E-state index contributed by atoms with van der Waals surface area (Å²) in [6.07, 6.45) is 3.96. The van der Waals surface area contributed by atoms with Crippen molar-refractivity contribution in [3.05, 3.63) is 34.9 Å². The Morgan fingerprint density at radius 3 is 2.63 bits per heavy atom. The largest absolute Gasteiger partial charge is 0.354 e. The van der Waals surface area contributed by atoms with Gasteiger partial charge in [0.25, 0.3) is 0 Å². The molecular formula is C14H20Cl2N2O. The Bertz CT molecular complexity index is 431. The fourth-order valence-corrected chi connectivity index (χ4v) is 2.96. The standard InChI is InChI=1S/C14H19ClN2O.ClH/c15-12-5-3-4-11(10-12)14(6-1-2-7-14)13(18)17-9-8-16;/h3-5,10H,1-2,6-9,16H2,(H,17,18);1H. The van der Waals surface area contributed by atoms with Gasteiger partial charge >= 0.3 is 0 Å². The zero-order chi connectivity index (χ0) is 13.0. The molecule has 0 spiro atoms. The van der Waals surface area contributed by atoms with Gasteiger partial charge in [-0.15, -0.1) is 12.4 Å². The first-order valence-electron chi connectivity index (χ1n) is 6.43. The average Bonchev–Trinajstić information content (AvgIpc) is 2.86. The van der Waals surface area contributed by atoms with E-state index in [9.17, 15) is 4.79 Å². The molecule has 1 aliphatic carbocycles. The topological polar surface area (TPSA) is 55.1 Å². The second-order valence-electron chi connectivity index (χ2n) is 4.84. The van der Waals surface area contributed by atoms with Crippen molar-refractivity contribution in [2.24, 2.45) is 5.73 Å². The molecule has 0 aromatic heterocycles. The molecular weight excluding hydrogens is 283 g/mol. The molecule has 1 aromatic carbocycles. The van der Waals surface area contributed by atoms with Gasteiger partial charge in [0, 0.05) is 18.1 Å². The Morgan fingerprint density at radius 2 is 2.05 bits per heavy atom. The molecule has 0 heterocycles. The van der Waals surface area contributed by atoms with Crippen LogP contribution in [0.2, 0.25) is 5.02 Å². The van der Waals surface area contributed by atoms with Gasteiger partial charge in [-0.1, -0.05) is 36.6 Å². The predicted octanol–water partition coefficient (Wildman–Crippen LogP) is 2.65. The highest BCUT2D eigenvalue weighted by Gasteiger charge is 2.42. The smallest absolute Gasteiger partial charge is 0.230 e. The van der Waals surface area contributed by atoms with Gasteiger partial charge in [-0.2, -0.15) is 0 Å². The third-order valence-corrected chi connectivity index (χ3v) is 3.93. The van der Waals surface area contributed by atoms with Crippen LogP contribution in [-0.4, -0.2) is 19.0 Å². The highest BCUT2D eigenvalue weighted by molar-refractivity contribution is 6.30. The molecule has 2 rings (SSSR count). The van der Waals surface area contributed by atoms with E-state index in [1.54, 1.807) is 0 Å². The summed E-state index contributed by atoms with van der Waals surface area (Å²) in [6, 6.07) is 7.66. The Labute approximate surface area is 125 Å². The van der Waals surface area contributed by atoms with Gasteiger partial charge in [0.2, 0.25) is 5.91 Å². The SMILES string of the molecule is Cl.NCCNC(=O)C1(c2cccc(Cl)c2)CCCC1. The van der Waals surface area contributed by atoms with E-state index in [0.29, 0.717) is 18.1 Å². The van der Waals surface area contributed by atoms with Crippen LogP contribution in [0.3, 0.4) is 0 Å². The van der Waals surface area contributed by atoms with E-state index in [-0.39, 0.29) is 18.3 Å². The van der Waals surface area contributed by atoms with Gasteiger partial charge in [0.1, 0.15) is 0 Å². The van der Waals surface area contributed by atoms with Crippen molar-refractivity contribution in [1.82, 2.24) is 5.32 Å². The minimum absolute atomic E-state index is 0. The molecule has 3 N–H and O–H groups in total. The quantitative estimate of drug-likeness (QED) is 0.898. The second-order valence-corrected chi connectivity index (χ2v) is 5.28. The van der Waals surface area contributed by atoms with Crippen LogP contribution in [0.4, 0.5) is 0 Å². The molecule has 0 saturated heterocycles. The van der Waals surface area contributed by atoms with E-state index in [4.69, 9.17) is 17.3 Å². The maximum atomic E-state index is 12.4. The van der Waals surface area contributed by atoms with Crippen LogP contribution in [0.25, 0.3) is 0 Å². The first kappa shape index (κ1) is 16.3. The third-order valence-electron chi connectivity index (χ3n) is 3.70. The Morgan fingerprint density at radius 1 is 1.37 bits per heavy atom. The first-order chi connectivity index (χ1) is 8.69. The van der Waals surface area contributed by atoms with Gasteiger partial charge in [0.15, 0.2) is 0 Å². The number of benzene rings is 1. The summed E-state index contributed by atoms with van der Waals surface area (Å²) < 4.78 is 0. The van der Waals surface area contributed by atoms with Crippen molar-refractivity contribution >= 4 is 29.9 Å². The maximum Gasteiger partial charge on any atom is 0.230 e. The molecule has 1 aliphatic rings. The minimum Gasteiger partial charge on any atom is -0.354 e. The van der Waals surface area contributed by atoms with Crippen molar-refractivity contribution in [3.63, 3.8) is 0 Å². The molecule has 19 heavy (non-hydrogen) atoms. The summed E-state index contributed by atoms with van der Waals surface area (Å²) >= 11 is 6.04.